The van der Waals surface area contributed by atoms with Crippen molar-refractivity contribution < 1.29 is 0 Å². The summed E-state index contributed by atoms with van der Waals surface area (Å²) >= 11 is 8.50. The third kappa shape index (κ3) is 2.99. The fraction of sp³-hybridized carbons (Fsp3) is 0.250. The van der Waals surface area contributed by atoms with Crippen molar-refractivity contribution >= 4 is 40.1 Å². The van der Waals surface area contributed by atoms with E-state index in [1.165, 1.54) is 16.0 Å². The van der Waals surface area contributed by atoms with Gasteiger partial charge in [0.1, 0.15) is 5.82 Å². The highest BCUT2D eigenvalue weighted by Crippen LogP contribution is 2.32. The van der Waals surface area contributed by atoms with E-state index in [-0.39, 0.29) is 0 Å². The van der Waals surface area contributed by atoms with Crippen molar-refractivity contribution in [3.05, 3.63) is 64.7 Å². The first-order valence-corrected chi connectivity index (χ1v) is 9.66. The molecule has 0 radical (unpaired) electrons. The molecule has 0 saturated heterocycles. The van der Waals surface area contributed by atoms with Crippen molar-refractivity contribution in [2.75, 3.05) is 17.2 Å². The molecule has 122 valence electrons. The lowest BCUT2D eigenvalue weighted by Crippen LogP contribution is -2.24. The highest BCUT2D eigenvalue weighted by Gasteiger charge is 2.17. The van der Waals surface area contributed by atoms with Crippen LogP contribution in [0.5, 0.6) is 0 Å². The monoisotopic (exact) mass is 354 g/mol. The van der Waals surface area contributed by atoms with Crippen LogP contribution < -0.4 is 4.90 Å². The van der Waals surface area contributed by atoms with Crippen LogP contribution in [0.25, 0.3) is 10.9 Å². The van der Waals surface area contributed by atoms with Crippen molar-refractivity contribution in [1.82, 2.24) is 4.98 Å². The number of halogens is 1. The standard InChI is InChI=1S/C20H19ClN2S/c1-2-14-7-8-18-16(11-14)17(21)12-20(22-18)23-9-10-24-19-6-4-3-5-15(19)13-23/h3-8,11-12H,2,9-10,13H2,1H3. The van der Waals surface area contributed by atoms with Crippen molar-refractivity contribution in [1.29, 1.82) is 0 Å². The molecule has 2 heterocycles. The minimum absolute atomic E-state index is 0.787. The summed E-state index contributed by atoms with van der Waals surface area (Å²) in [5.74, 6) is 2.03. The molecule has 0 atom stereocenters. The van der Waals surface area contributed by atoms with Crippen molar-refractivity contribution in [2.45, 2.75) is 24.8 Å². The number of fused-ring (bicyclic) bond motifs is 2. The summed E-state index contributed by atoms with van der Waals surface area (Å²) in [5.41, 5.74) is 3.62. The second-order valence-corrected chi connectivity index (χ2v) is 7.59. The number of aryl methyl sites for hydroxylation is 1. The van der Waals surface area contributed by atoms with Crippen LogP contribution in [0.3, 0.4) is 0 Å². The molecule has 24 heavy (non-hydrogen) atoms. The van der Waals surface area contributed by atoms with Gasteiger partial charge in [0.05, 0.1) is 10.5 Å². The van der Waals surface area contributed by atoms with Crippen LogP contribution in [-0.4, -0.2) is 17.3 Å². The van der Waals surface area contributed by atoms with E-state index < -0.39 is 0 Å². The maximum absolute atomic E-state index is 6.58. The van der Waals surface area contributed by atoms with E-state index in [1.54, 1.807) is 0 Å². The van der Waals surface area contributed by atoms with E-state index in [0.717, 1.165) is 47.0 Å². The van der Waals surface area contributed by atoms with Crippen LogP contribution in [0.15, 0.2) is 53.4 Å². The number of benzene rings is 2. The third-order valence-corrected chi connectivity index (χ3v) is 5.90. The van der Waals surface area contributed by atoms with Gasteiger partial charge in [-0.1, -0.05) is 42.8 Å². The Kier molecular flexibility index (Phi) is 4.38. The predicted octanol–water partition coefficient (Wildman–Crippen LogP) is 5.56. The molecule has 4 rings (SSSR count). The van der Waals surface area contributed by atoms with E-state index in [1.807, 2.05) is 17.8 Å². The molecule has 0 unspecified atom stereocenters. The van der Waals surface area contributed by atoms with E-state index in [2.05, 4.69) is 54.3 Å². The Morgan fingerprint density at radius 1 is 1.17 bits per heavy atom. The van der Waals surface area contributed by atoms with Gasteiger partial charge in [0.15, 0.2) is 0 Å². The van der Waals surface area contributed by atoms with Crippen LogP contribution in [0, 0.1) is 0 Å². The summed E-state index contributed by atoms with van der Waals surface area (Å²) in [6.45, 7) is 4.01. The summed E-state index contributed by atoms with van der Waals surface area (Å²) in [4.78, 5) is 8.59. The first kappa shape index (κ1) is 15.8. The highest BCUT2D eigenvalue weighted by atomic mass is 35.5. The number of hydrogen-bond acceptors (Lipinski definition) is 3. The summed E-state index contributed by atoms with van der Waals surface area (Å²) in [6.07, 6.45) is 1.01. The van der Waals surface area contributed by atoms with Crippen molar-refractivity contribution in [2.24, 2.45) is 0 Å². The van der Waals surface area contributed by atoms with Crippen LogP contribution in [0.2, 0.25) is 5.02 Å². The molecule has 0 fully saturated rings. The quantitative estimate of drug-likeness (QED) is 0.599. The van der Waals surface area contributed by atoms with E-state index in [4.69, 9.17) is 16.6 Å². The van der Waals surface area contributed by atoms with Crippen molar-refractivity contribution in [3.63, 3.8) is 0 Å². The van der Waals surface area contributed by atoms with Crippen LogP contribution in [-0.2, 0) is 13.0 Å². The van der Waals surface area contributed by atoms with E-state index in [0.29, 0.717) is 0 Å². The van der Waals surface area contributed by atoms with Gasteiger partial charge in [-0.05, 0) is 41.8 Å². The van der Waals surface area contributed by atoms with Gasteiger partial charge in [0.25, 0.3) is 0 Å². The lowest BCUT2D eigenvalue weighted by atomic mass is 10.1. The predicted molar refractivity (Wildman–Crippen MR) is 104 cm³/mol. The maximum Gasteiger partial charge on any atom is 0.131 e. The van der Waals surface area contributed by atoms with Gasteiger partial charge in [0, 0.05) is 29.1 Å². The smallest absolute Gasteiger partial charge is 0.131 e. The number of hydrogen-bond donors (Lipinski definition) is 0. The van der Waals surface area contributed by atoms with E-state index >= 15 is 0 Å². The minimum atomic E-state index is 0.787. The lowest BCUT2D eigenvalue weighted by Gasteiger charge is -2.22. The van der Waals surface area contributed by atoms with E-state index in [9.17, 15) is 0 Å². The molecule has 2 nitrogen and oxygen atoms in total. The fourth-order valence-corrected chi connectivity index (χ4v) is 4.40. The summed E-state index contributed by atoms with van der Waals surface area (Å²) in [5, 5.41) is 1.83. The minimum Gasteiger partial charge on any atom is -0.351 e. The third-order valence-electron chi connectivity index (χ3n) is 4.49. The van der Waals surface area contributed by atoms with Gasteiger partial charge in [-0.2, -0.15) is 0 Å². The average Bonchev–Trinajstić information content (AvgIpc) is 2.84. The molecular weight excluding hydrogens is 336 g/mol. The number of pyridine rings is 1. The Balaban J connectivity index is 1.74. The summed E-state index contributed by atoms with van der Waals surface area (Å²) < 4.78 is 0. The molecule has 0 N–H and O–H groups in total. The zero-order valence-electron chi connectivity index (χ0n) is 13.6. The number of thioether (sulfide) groups is 1. The number of rotatable bonds is 2. The Bertz CT molecular complexity index is 894. The summed E-state index contributed by atoms with van der Waals surface area (Å²) in [7, 11) is 0. The molecule has 2 aromatic carbocycles. The summed E-state index contributed by atoms with van der Waals surface area (Å²) in [6, 6.07) is 17.0. The highest BCUT2D eigenvalue weighted by molar-refractivity contribution is 7.99. The first-order chi connectivity index (χ1) is 11.7. The molecule has 1 aliphatic rings. The molecule has 0 saturated carbocycles. The lowest BCUT2D eigenvalue weighted by molar-refractivity contribution is 0.821. The van der Waals surface area contributed by atoms with Crippen LogP contribution >= 0.6 is 23.4 Å². The van der Waals surface area contributed by atoms with Crippen molar-refractivity contribution in [3.8, 4) is 0 Å². The van der Waals surface area contributed by atoms with Crippen LogP contribution in [0.1, 0.15) is 18.1 Å². The molecule has 0 aliphatic carbocycles. The molecule has 1 aliphatic heterocycles. The average molecular weight is 355 g/mol. The molecular formula is C20H19ClN2S. The topological polar surface area (TPSA) is 16.1 Å². The maximum atomic E-state index is 6.58. The molecule has 0 amide bonds. The molecule has 3 aromatic rings. The number of nitrogens with zero attached hydrogens (tertiary/aromatic N) is 2. The largest absolute Gasteiger partial charge is 0.351 e. The second-order valence-electron chi connectivity index (χ2n) is 6.05. The Morgan fingerprint density at radius 3 is 2.92 bits per heavy atom. The first-order valence-electron chi connectivity index (χ1n) is 8.29. The normalized spacial score (nSPS) is 14.5. The van der Waals surface area contributed by atoms with Gasteiger partial charge in [0.2, 0.25) is 0 Å². The van der Waals surface area contributed by atoms with Gasteiger partial charge in [-0.3, -0.25) is 0 Å². The molecule has 1 aromatic heterocycles. The molecule has 0 bridgehead atoms. The van der Waals surface area contributed by atoms with Gasteiger partial charge < -0.3 is 4.90 Å². The molecule has 4 heteroatoms. The SMILES string of the molecule is CCc1ccc2nc(N3CCSc4ccccc4C3)cc(Cl)c2c1. The number of aromatic nitrogens is 1. The molecule has 0 spiro atoms. The van der Waals surface area contributed by atoms with Gasteiger partial charge >= 0.3 is 0 Å². The Labute approximate surface area is 151 Å². The Morgan fingerprint density at radius 2 is 2.04 bits per heavy atom. The zero-order valence-corrected chi connectivity index (χ0v) is 15.2. The number of anilines is 1. The van der Waals surface area contributed by atoms with Gasteiger partial charge in [-0.15, -0.1) is 11.8 Å². The Hall–Kier alpha value is -1.71. The zero-order chi connectivity index (χ0) is 16.5. The van der Waals surface area contributed by atoms with Gasteiger partial charge in [-0.25, -0.2) is 4.98 Å². The second kappa shape index (κ2) is 6.66. The fourth-order valence-electron chi connectivity index (χ4n) is 3.12. The van der Waals surface area contributed by atoms with Crippen LogP contribution in [0.4, 0.5) is 5.82 Å².